The summed E-state index contributed by atoms with van der Waals surface area (Å²) in [6.45, 7) is 3.17. The molecule has 6 heteroatoms. The molecular formula is C19H25Cl2N3O. The predicted molar refractivity (Wildman–Crippen MR) is 108 cm³/mol. The maximum Gasteiger partial charge on any atom is 0.239 e. The van der Waals surface area contributed by atoms with E-state index in [0.29, 0.717) is 6.42 Å². The molecule has 1 fully saturated rings. The first kappa shape index (κ1) is 21.3. The Labute approximate surface area is 161 Å². The number of para-hydroxylation sites is 1. The lowest BCUT2D eigenvalue weighted by Gasteiger charge is -2.37. The van der Waals surface area contributed by atoms with Gasteiger partial charge in [-0.05, 0) is 24.1 Å². The number of nitrogens with zero attached hydrogens (tertiary/aromatic N) is 2. The largest absolute Gasteiger partial charge is 0.368 e. The fourth-order valence-electron chi connectivity index (χ4n) is 3.01. The van der Waals surface area contributed by atoms with Gasteiger partial charge in [0.2, 0.25) is 5.91 Å². The van der Waals surface area contributed by atoms with E-state index in [0.717, 1.165) is 31.7 Å². The van der Waals surface area contributed by atoms with Gasteiger partial charge in [-0.15, -0.1) is 24.8 Å². The van der Waals surface area contributed by atoms with Crippen LogP contribution < -0.4 is 10.6 Å². The molecule has 1 atom stereocenters. The molecule has 0 spiro atoms. The second-order valence-electron chi connectivity index (χ2n) is 5.94. The molecule has 2 N–H and O–H groups in total. The van der Waals surface area contributed by atoms with Gasteiger partial charge in [0, 0.05) is 31.9 Å². The molecule has 0 radical (unpaired) electrons. The van der Waals surface area contributed by atoms with Crippen LogP contribution in [0.3, 0.4) is 0 Å². The molecule has 2 aromatic rings. The zero-order chi connectivity index (χ0) is 16.1. The molecule has 1 aliphatic rings. The van der Waals surface area contributed by atoms with Crippen molar-refractivity contribution in [3.05, 3.63) is 66.2 Å². The van der Waals surface area contributed by atoms with Gasteiger partial charge in [-0.2, -0.15) is 0 Å². The highest BCUT2D eigenvalue weighted by molar-refractivity contribution is 5.85. The minimum Gasteiger partial charge on any atom is -0.368 e. The van der Waals surface area contributed by atoms with E-state index >= 15 is 0 Å². The second-order valence-corrected chi connectivity index (χ2v) is 5.94. The average Bonchev–Trinajstić information content (AvgIpc) is 2.63. The lowest BCUT2D eigenvalue weighted by Crippen LogP contribution is -2.53. The van der Waals surface area contributed by atoms with Crippen LogP contribution in [0.5, 0.6) is 0 Å². The molecule has 136 valence electrons. The Morgan fingerprint density at radius 3 is 1.96 bits per heavy atom. The van der Waals surface area contributed by atoms with Gasteiger partial charge >= 0.3 is 0 Å². The molecule has 0 unspecified atom stereocenters. The summed E-state index contributed by atoms with van der Waals surface area (Å²) in [6.07, 6.45) is 0.596. The fourth-order valence-corrected chi connectivity index (χ4v) is 3.01. The topological polar surface area (TPSA) is 49.6 Å². The van der Waals surface area contributed by atoms with Gasteiger partial charge in [-0.3, -0.25) is 4.79 Å². The summed E-state index contributed by atoms with van der Waals surface area (Å²) in [5.74, 6) is 0.0570. The third-order valence-corrected chi connectivity index (χ3v) is 4.33. The zero-order valence-electron chi connectivity index (χ0n) is 14.1. The Bertz CT molecular complexity index is 632. The number of hydrogen-bond donors (Lipinski definition) is 1. The Morgan fingerprint density at radius 2 is 1.40 bits per heavy atom. The number of carbonyl (C=O) groups is 1. The second kappa shape index (κ2) is 10.3. The van der Waals surface area contributed by atoms with E-state index in [-0.39, 0.29) is 30.7 Å². The van der Waals surface area contributed by atoms with Crippen molar-refractivity contribution in [1.82, 2.24) is 4.90 Å². The number of nitrogens with two attached hydrogens (primary N) is 1. The number of piperazine rings is 1. The minimum absolute atomic E-state index is 0. The van der Waals surface area contributed by atoms with Crippen LogP contribution in [0.2, 0.25) is 0 Å². The van der Waals surface area contributed by atoms with Crippen LogP contribution in [0.1, 0.15) is 5.56 Å². The summed E-state index contributed by atoms with van der Waals surface area (Å²) < 4.78 is 0. The van der Waals surface area contributed by atoms with Crippen molar-refractivity contribution in [3.8, 4) is 0 Å². The lowest BCUT2D eigenvalue weighted by molar-refractivity contribution is -0.132. The molecule has 2 aromatic carbocycles. The minimum atomic E-state index is -0.458. The molecule has 0 saturated carbocycles. The quantitative estimate of drug-likeness (QED) is 0.885. The van der Waals surface area contributed by atoms with Crippen LogP contribution in [0, 0.1) is 0 Å². The Hall–Kier alpha value is -1.75. The van der Waals surface area contributed by atoms with Gasteiger partial charge < -0.3 is 15.5 Å². The van der Waals surface area contributed by atoms with Crippen molar-refractivity contribution >= 4 is 36.4 Å². The molecule has 1 heterocycles. The van der Waals surface area contributed by atoms with Gasteiger partial charge in [-0.1, -0.05) is 48.5 Å². The van der Waals surface area contributed by atoms with E-state index in [1.807, 2.05) is 53.4 Å². The third-order valence-electron chi connectivity index (χ3n) is 4.33. The summed E-state index contributed by atoms with van der Waals surface area (Å²) in [6, 6.07) is 19.8. The summed E-state index contributed by atoms with van der Waals surface area (Å²) >= 11 is 0. The molecule has 1 aliphatic heterocycles. The molecule has 0 bridgehead atoms. The van der Waals surface area contributed by atoms with E-state index in [2.05, 4.69) is 17.0 Å². The van der Waals surface area contributed by atoms with Crippen LogP contribution in [-0.2, 0) is 11.2 Å². The Morgan fingerprint density at radius 1 is 0.880 bits per heavy atom. The van der Waals surface area contributed by atoms with E-state index in [1.165, 1.54) is 5.69 Å². The highest BCUT2D eigenvalue weighted by Crippen LogP contribution is 2.16. The van der Waals surface area contributed by atoms with Crippen molar-refractivity contribution in [2.24, 2.45) is 5.73 Å². The molecular weight excluding hydrogens is 357 g/mol. The first-order chi connectivity index (χ1) is 11.2. The molecule has 3 rings (SSSR count). The highest BCUT2D eigenvalue weighted by Gasteiger charge is 2.25. The first-order valence-corrected chi connectivity index (χ1v) is 8.12. The molecule has 4 nitrogen and oxygen atoms in total. The first-order valence-electron chi connectivity index (χ1n) is 8.12. The van der Waals surface area contributed by atoms with Crippen LogP contribution in [0.15, 0.2) is 60.7 Å². The summed E-state index contributed by atoms with van der Waals surface area (Å²) in [5, 5.41) is 0. The smallest absolute Gasteiger partial charge is 0.239 e. The van der Waals surface area contributed by atoms with Crippen molar-refractivity contribution in [2.45, 2.75) is 12.5 Å². The Kier molecular flexibility index (Phi) is 8.76. The molecule has 0 aliphatic carbocycles. The maximum atomic E-state index is 12.5. The monoisotopic (exact) mass is 381 g/mol. The number of rotatable bonds is 4. The number of anilines is 1. The number of halogens is 2. The molecule has 1 amide bonds. The van der Waals surface area contributed by atoms with Crippen molar-refractivity contribution < 1.29 is 4.79 Å². The van der Waals surface area contributed by atoms with E-state index in [1.54, 1.807) is 0 Å². The maximum absolute atomic E-state index is 12.5. The van der Waals surface area contributed by atoms with Crippen LogP contribution >= 0.6 is 24.8 Å². The van der Waals surface area contributed by atoms with Crippen LogP contribution in [-0.4, -0.2) is 43.0 Å². The van der Waals surface area contributed by atoms with Gasteiger partial charge in [0.15, 0.2) is 0 Å². The van der Waals surface area contributed by atoms with Crippen LogP contribution in [0.4, 0.5) is 5.69 Å². The number of benzene rings is 2. The zero-order valence-corrected chi connectivity index (χ0v) is 15.7. The Balaban J connectivity index is 0.00000156. The third kappa shape index (κ3) is 5.63. The SMILES string of the molecule is Cl.Cl.N[C@@H](Cc1ccccc1)C(=O)N1CCN(c2ccccc2)CC1. The van der Waals surface area contributed by atoms with Gasteiger partial charge in [0.1, 0.15) is 0 Å². The number of amides is 1. The van der Waals surface area contributed by atoms with Gasteiger partial charge in [0.05, 0.1) is 6.04 Å². The summed E-state index contributed by atoms with van der Waals surface area (Å²) in [7, 11) is 0. The van der Waals surface area contributed by atoms with Crippen molar-refractivity contribution in [2.75, 3.05) is 31.1 Å². The normalized spacial score (nSPS) is 14.9. The van der Waals surface area contributed by atoms with Gasteiger partial charge in [0.25, 0.3) is 0 Å². The van der Waals surface area contributed by atoms with Crippen molar-refractivity contribution in [1.29, 1.82) is 0 Å². The molecule has 0 aromatic heterocycles. The van der Waals surface area contributed by atoms with Gasteiger partial charge in [-0.25, -0.2) is 0 Å². The van der Waals surface area contributed by atoms with E-state index in [4.69, 9.17) is 5.73 Å². The predicted octanol–water partition coefficient (Wildman–Crippen LogP) is 2.75. The molecule has 25 heavy (non-hydrogen) atoms. The van der Waals surface area contributed by atoms with E-state index < -0.39 is 6.04 Å². The lowest BCUT2D eigenvalue weighted by atomic mass is 10.1. The highest BCUT2D eigenvalue weighted by atomic mass is 35.5. The number of hydrogen-bond acceptors (Lipinski definition) is 3. The van der Waals surface area contributed by atoms with E-state index in [9.17, 15) is 4.79 Å². The van der Waals surface area contributed by atoms with Crippen molar-refractivity contribution in [3.63, 3.8) is 0 Å². The van der Waals surface area contributed by atoms with Crippen LogP contribution in [0.25, 0.3) is 0 Å². The number of carbonyl (C=O) groups excluding carboxylic acids is 1. The summed E-state index contributed by atoms with van der Waals surface area (Å²) in [4.78, 5) is 16.7. The standard InChI is InChI=1S/C19H23N3O.2ClH/c20-18(15-16-7-3-1-4-8-16)19(23)22-13-11-21(12-14-22)17-9-5-2-6-10-17;;/h1-10,18H,11-15,20H2;2*1H/t18-;;/m0../s1. The molecule has 1 saturated heterocycles. The summed E-state index contributed by atoms with van der Waals surface area (Å²) in [5.41, 5.74) is 8.44. The fraction of sp³-hybridized carbons (Fsp3) is 0.316. The average molecular weight is 382 g/mol.